The van der Waals surface area contributed by atoms with Crippen molar-refractivity contribution in [2.75, 3.05) is 11.9 Å². The van der Waals surface area contributed by atoms with Crippen LogP contribution in [-0.4, -0.2) is 11.5 Å². The van der Waals surface area contributed by atoms with E-state index in [4.69, 9.17) is 0 Å². The monoisotopic (exact) mass is 206 g/mol. The smallest absolute Gasteiger partial charge is 0.292 e. The van der Waals surface area contributed by atoms with Crippen LogP contribution < -0.4 is 5.32 Å². The molecule has 1 fully saturated rings. The number of benzene rings is 1. The molecule has 4 heteroatoms. The number of anilines is 1. The summed E-state index contributed by atoms with van der Waals surface area (Å²) in [5.74, 6) is 0.712. The second kappa shape index (κ2) is 3.88. The van der Waals surface area contributed by atoms with Crippen LogP contribution in [0.3, 0.4) is 0 Å². The van der Waals surface area contributed by atoms with E-state index >= 15 is 0 Å². The molecule has 0 saturated heterocycles. The van der Waals surface area contributed by atoms with E-state index in [1.165, 1.54) is 12.8 Å². The van der Waals surface area contributed by atoms with Crippen LogP contribution in [0.25, 0.3) is 0 Å². The predicted octanol–water partition coefficient (Wildman–Crippen LogP) is 2.73. The van der Waals surface area contributed by atoms with E-state index < -0.39 is 0 Å². The Morgan fingerprint density at radius 1 is 1.53 bits per heavy atom. The molecule has 0 radical (unpaired) electrons. The zero-order valence-corrected chi connectivity index (χ0v) is 8.69. The number of nitro groups is 1. The van der Waals surface area contributed by atoms with Gasteiger partial charge in [0.25, 0.3) is 5.69 Å². The molecular weight excluding hydrogens is 192 g/mol. The third kappa shape index (κ3) is 2.26. The highest BCUT2D eigenvalue weighted by Crippen LogP contribution is 2.32. The predicted molar refractivity (Wildman–Crippen MR) is 59.0 cm³/mol. The SMILES string of the molecule is Cc1cccc([N+](=O)[O-])c1NCC1CC1. The topological polar surface area (TPSA) is 55.2 Å². The van der Waals surface area contributed by atoms with Gasteiger partial charge in [0.1, 0.15) is 5.69 Å². The van der Waals surface area contributed by atoms with Crippen molar-refractivity contribution < 1.29 is 4.92 Å². The minimum Gasteiger partial charge on any atom is -0.379 e. The molecule has 0 atom stereocenters. The molecule has 0 heterocycles. The average Bonchev–Trinajstić information content (AvgIpc) is 2.99. The zero-order valence-electron chi connectivity index (χ0n) is 8.69. The van der Waals surface area contributed by atoms with Crippen LogP contribution in [-0.2, 0) is 0 Å². The summed E-state index contributed by atoms with van der Waals surface area (Å²) in [7, 11) is 0. The molecule has 0 aliphatic heterocycles. The van der Waals surface area contributed by atoms with Crippen LogP contribution >= 0.6 is 0 Å². The Hall–Kier alpha value is -1.58. The Bertz CT molecular complexity index is 386. The fourth-order valence-electron chi connectivity index (χ4n) is 1.60. The first-order valence-electron chi connectivity index (χ1n) is 5.16. The Morgan fingerprint density at radius 2 is 2.27 bits per heavy atom. The van der Waals surface area contributed by atoms with Gasteiger partial charge in [0, 0.05) is 12.6 Å². The van der Waals surface area contributed by atoms with E-state index in [1.807, 2.05) is 13.0 Å². The molecule has 1 aromatic rings. The zero-order chi connectivity index (χ0) is 10.8. The summed E-state index contributed by atoms with van der Waals surface area (Å²) < 4.78 is 0. The molecule has 4 nitrogen and oxygen atoms in total. The lowest BCUT2D eigenvalue weighted by atomic mass is 10.1. The van der Waals surface area contributed by atoms with E-state index in [-0.39, 0.29) is 10.6 Å². The molecule has 0 aromatic heterocycles. The summed E-state index contributed by atoms with van der Waals surface area (Å²) in [4.78, 5) is 10.5. The Balaban J connectivity index is 2.20. The number of nitrogens with one attached hydrogen (secondary N) is 1. The van der Waals surface area contributed by atoms with Crippen molar-refractivity contribution in [1.29, 1.82) is 0 Å². The Labute approximate surface area is 88.5 Å². The molecule has 1 N–H and O–H groups in total. The van der Waals surface area contributed by atoms with Crippen molar-refractivity contribution in [2.45, 2.75) is 19.8 Å². The van der Waals surface area contributed by atoms with Gasteiger partial charge in [-0.15, -0.1) is 0 Å². The van der Waals surface area contributed by atoms with Crippen molar-refractivity contribution in [3.63, 3.8) is 0 Å². The Morgan fingerprint density at radius 3 is 2.87 bits per heavy atom. The highest BCUT2D eigenvalue weighted by molar-refractivity contribution is 5.65. The van der Waals surface area contributed by atoms with Crippen molar-refractivity contribution in [1.82, 2.24) is 0 Å². The van der Waals surface area contributed by atoms with Gasteiger partial charge in [0.05, 0.1) is 4.92 Å². The summed E-state index contributed by atoms with van der Waals surface area (Å²) in [6, 6.07) is 5.15. The lowest BCUT2D eigenvalue weighted by Gasteiger charge is -2.08. The first-order chi connectivity index (χ1) is 7.18. The molecule has 80 valence electrons. The average molecular weight is 206 g/mol. The van der Waals surface area contributed by atoms with E-state index in [2.05, 4.69) is 5.32 Å². The molecular formula is C11H14N2O2. The minimum atomic E-state index is -0.331. The van der Waals surface area contributed by atoms with Crippen molar-refractivity contribution >= 4 is 11.4 Å². The summed E-state index contributed by atoms with van der Waals surface area (Å²) in [5, 5.41) is 14.0. The minimum absolute atomic E-state index is 0.177. The van der Waals surface area contributed by atoms with Crippen LogP contribution in [0.15, 0.2) is 18.2 Å². The second-order valence-electron chi connectivity index (χ2n) is 4.05. The van der Waals surface area contributed by atoms with E-state index in [0.717, 1.165) is 12.1 Å². The molecule has 1 aliphatic carbocycles. The normalized spacial score (nSPS) is 15.0. The van der Waals surface area contributed by atoms with Gasteiger partial charge in [-0.2, -0.15) is 0 Å². The number of nitrogens with zero attached hydrogens (tertiary/aromatic N) is 1. The molecule has 0 unspecified atom stereocenters. The number of rotatable bonds is 4. The van der Waals surface area contributed by atoms with Crippen LogP contribution in [0, 0.1) is 23.0 Å². The van der Waals surface area contributed by atoms with E-state index in [0.29, 0.717) is 11.6 Å². The number of para-hydroxylation sites is 1. The third-order valence-electron chi connectivity index (χ3n) is 2.71. The summed E-state index contributed by atoms with van der Waals surface area (Å²) in [6.45, 7) is 2.74. The number of hydrogen-bond donors (Lipinski definition) is 1. The van der Waals surface area contributed by atoms with Gasteiger partial charge in [-0.1, -0.05) is 12.1 Å². The van der Waals surface area contributed by atoms with Crippen molar-refractivity contribution in [2.24, 2.45) is 5.92 Å². The molecule has 1 saturated carbocycles. The first-order valence-corrected chi connectivity index (χ1v) is 5.16. The van der Waals surface area contributed by atoms with Crippen LogP contribution in [0.2, 0.25) is 0 Å². The number of aryl methyl sites for hydroxylation is 1. The van der Waals surface area contributed by atoms with Crippen molar-refractivity contribution in [3.05, 3.63) is 33.9 Å². The number of hydrogen-bond acceptors (Lipinski definition) is 3. The van der Waals surface area contributed by atoms with Gasteiger partial charge >= 0.3 is 0 Å². The lowest BCUT2D eigenvalue weighted by Crippen LogP contribution is -2.07. The van der Waals surface area contributed by atoms with Gasteiger partial charge in [0.2, 0.25) is 0 Å². The fraction of sp³-hybridized carbons (Fsp3) is 0.455. The van der Waals surface area contributed by atoms with Crippen LogP contribution in [0.5, 0.6) is 0 Å². The first kappa shape index (κ1) is 9.96. The molecule has 1 aliphatic rings. The van der Waals surface area contributed by atoms with Gasteiger partial charge in [-0.25, -0.2) is 0 Å². The maximum Gasteiger partial charge on any atom is 0.292 e. The second-order valence-corrected chi connectivity index (χ2v) is 4.05. The summed E-state index contributed by atoms with van der Waals surface area (Å²) in [6.07, 6.45) is 2.49. The number of nitro benzene ring substituents is 1. The van der Waals surface area contributed by atoms with Gasteiger partial charge in [-0.3, -0.25) is 10.1 Å². The lowest BCUT2D eigenvalue weighted by molar-refractivity contribution is -0.384. The van der Waals surface area contributed by atoms with E-state index in [9.17, 15) is 10.1 Å². The van der Waals surface area contributed by atoms with Gasteiger partial charge in [-0.05, 0) is 31.2 Å². The van der Waals surface area contributed by atoms with E-state index in [1.54, 1.807) is 12.1 Å². The highest BCUT2D eigenvalue weighted by atomic mass is 16.6. The molecule has 0 spiro atoms. The molecule has 15 heavy (non-hydrogen) atoms. The molecule has 1 aromatic carbocycles. The van der Waals surface area contributed by atoms with Crippen LogP contribution in [0.1, 0.15) is 18.4 Å². The fourth-order valence-corrected chi connectivity index (χ4v) is 1.60. The standard InChI is InChI=1S/C11H14N2O2/c1-8-3-2-4-10(13(14)15)11(8)12-7-9-5-6-9/h2-4,9,12H,5-7H2,1H3. The summed E-state index contributed by atoms with van der Waals surface area (Å²) in [5.41, 5.74) is 1.79. The quantitative estimate of drug-likeness (QED) is 0.608. The largest absolute Gasteiger partial charge is 0.379 e. The van der Waals surface area contributed by atoms with Gasteiger partial charge < -0.3 is 5.32 Å². The highest BCUT2D eigenvalue weighted by Gasteiger charge is 2.23. The summed E-state index contributed by atoms with van der Waals surface area (Å²) >= 11 is 0. The third-order valence-corrected chi connectivity index (χ3v) is 2.71. The Kier molecular flexibility index (Phi) is 2.58. The maximum absolute atomic E-state index is 10.8. The molecule has 0 bridgehead atoms. The molecule has 2 rings (SSSR count). The maximum atomic E-state index is 10.8. The molecule has 0 amide bonds. The van der Waals surface area contributed by atoms with Gasteiger partial charge in [0.15, 0.2) is 0 Å². The van der Waals surface area contributed by atoms with Crippen LogP contribution in [0.4, 0.5) is 11.4 Å². The van der Waals surface area contributed by atoms with Crippen molar-refractivity contribution in [3.8, 4) is 0 Å².